The Morgan fingerprint density at radius 2 is 1.24 bits per heavy atom. The van der Waals surface area contributed by atoms with E-state index in [-0.39, 0.29) is 61.3 Å². The molecule has 0 spiro atoms. The van der Waals surface area contributed by atoms with E-state index >= 15 is 0 Å². The lowest BCUT2D eigenvalue weighted by Crippen LogP contribution is -2.06. The first-order valence-electron chi connectivity index (χ1n) is 21.1. The Balaban J connectivity index is 1.31. The van der Waals surface area contributed by atoms with Crippen molar-refractivity contribution in [3.63, 3.8) is 0 Å². The lowest BCUT2D eigenvalue weighted by molar-refractivity contribution is 0.670. The van der Waals surface area contributed by atoms with Gasteiger partial charge in [-0.05, 0) is 41.4 Å². The Kier molecular flexibility index (Phi) is 4.32. The van der Waals surface area contributed by atoms with Crippen LogP contribution in [0.2, 0.25) is 0 Å². The maximum Gasteiger partial charge on any atom is 0.238 e. The summed E-state index contributed by atoms with van der Waals surface area (Å²) >= 11 is 1.58. The van der Waals surface area contributed by atoms with E-state index in [1.165, 1.54) is 4.57 Å². The molecule has 238 valence electrons. The Bertz CT molecular complexity index is 3720. The molecule has 0 aliphatic carbocycles. The lowest BCUT2D eigenvalue weighted by atomic mass is 10.0. The van der Waals surface area contributed by atoms with E-state index < -0.39 is 60.4 Å². The summed E-state index contributed by atoms with van der Waals surface area (Å²) in [5.74, 6) is 0.398. The Hall–Kier alpha value is -6.63. The van der Waals surface area contributed by atoms with Crippen LogP contribution in [0, 0.1) is 0 Å². The molecule has 0 aliphatic rings. The van der Waals surface area contributed by atoms with Crippen LogP contribution in [0.3, 0.4) is 0 Å². The van der Waals surface area contributed by atoms with Crippen molar-refractivity contribution < 1.29 is 18.1 Å². The molecule has 0 radical (unpaired) electrons. The third kappa shape index (κ3) is 4.30. The molecule has 0 N–H and O–H groups in total. The molecule has 0 aliphatic heterocycles. The van der Waals surface area contributed by atoms with Crippen molar-refractivity contribution in [1.29, 1.82) is 0 Å². The summed E-state index contributed by atoms with van der Waals surface area (Å²) in [6.45, 7) is 0. The first-order valence-corrected chi connectivity index (χ1v) is 16.9. The average molecular weight is 681 g/mol. The summed E-state index contributed by atoms with van der Waals surface area (Å²) in [6, 6.07) is 26.5. The number of aromatic nitrogens is 4. The fourth-order valence-electron chi connectivity index (χ4n) is 6.84. The minimum absolute atomic E-state index is 0.00587. The number of furan rings is 1. The highest BCUT2D eigenvalue weighted by Gasteiger charge is 2.23. The van der Waals surface area contributed by atoms with Crippen LogP contribution < -0.4 is 0 Å². The highest BCUT2D eigenvalue weighted by Crippen LogP contribution is 2.42. The van der Waals surface area contributed by atoms with Crippen LogP contribution in [-0.4, -0.2) is 19.5 Å². The van der Waals surface area contributed by atoms with Crippen molar-refractivity contribution >= 4 is 75.3 Å². The molecule has 0 bridgehead atoms. The Morgan fingerprint density at radius 3 is 2.14 bits per heavy atom. The van der Waals surface area contributed by atoms with Crippen molar-refractivity contribution in [2.24, 2.45) is 0 Å². The predicted molar refractivity (Wildman–Crippen MR) is 211 cm³/mol. The zero-order valence-electron chi connectivity index (χ0n) is 36.3. The second kappa shape index (κ2) is 10.9. The van der Waals surface area contributed by atoms with Gasteiger partial charge >= 0.3 is 0 Å². The summed E-state index contributed by atoms with van der Waals surface area (Å²) in [7, 11) is 0. The second-order valence-corrected chi connectivity index (χ2v) is 13.1. The van der Waals surface area contributed by atoms with Crippen molar-refractivity contribution in [1.82, 2.24) is 19.5 Å². The van der Waals surface area contributed by atoms with Gasteiger partial charge < -0.3 is 4.42 Å². The molecule has 0 atom stereocenters. The molecule has 0 fully saturated rings. The molecule has 0 amide bonds. The Morgan fingerprint density at radius 1 is 0.529 bits per heavy atom. The van der Waals surface area contributed by atoms with E-state index in [9.17, 15) is 4.11 Å². The van der Waals surface area contributed by atoms with Gasteiger partial charge in [0.2, 0.25) is 5.95 Å². The number of thiophene rings is 1. The molecule has 4 heterocycles. The third-order valence-electron chi connectivity index (χ3n) is 9.18. The summed E-state index contributed by atoms with van der Waals surface area (Å²) in [5.41, 5.74) is 2.79. The number of hydrogen-bond donors (Lipinski definition) is 0. The summed E-state index contributed by atoms with van der Waals surface area (Å²) in [5, 5.41) is 1.72. The van der Waals surface area contributed by atoms with Gasteiger partial charge in [-0.1, -0.05) is 127 Å². The van der Waals surface area contributed by atoms with Crippen LogP contribution in [0.4, 0.5) is 0 Å². The first kappa shape index (κ1) is 20.1. The molecular weight excluding hydrogens is 645 g/mol. The zero-order chi connectivity index (χ0) is 42.2. The van der Waals surface area contributed by atoms with E-state index in [4.69, 9.17) is 29.0 Å². The van der Waals surface area contributed by atoms with Gasteiger partial charge in [0.15, 0.2) is 17.2 Å². The fourth-order valence-corrected chi connectivity index (χ4v) is 8.06. The van der Waals surface area contributed by atoms with Crippen LogP contribution in [-0.2, 0) is 0 Å². The highest BCUT2D eigenvalue weighted by atomic mass is 32.1. The largest absolute Gasteiger partial charge is 0.454 e. The maximum atomic E-state index is 9.40. The standard InChI is InChI=1S/C45H26N4OS/c1-2-11-27(12-3-1)28-21-23-29(24-22-28)43-46-44(36-17-10-16-35-32-15-6-9-20-39(32)51-42(35)36)48-45(47-43)49-37-18-7-4-13-30(37)33-25-26-34-31-14-5-8-19-38(31)50-41(34)40(33)49/h1-26H/i4D,5D,7D,8D,13D,14D,18D,19D,25D,26D. The number of hydrogen-bond acceptors (Lipinski definition) is 5. The fraction of sp³-hybridized carbons (Fsp3) is 0. The van der Waals surface area contributed by atoms with Crippen LogP contribution in [0.5, 0.6) is 0 Å². The molecule has 0 saturated carbocycles. The van der Waals surface area contributed by atoms with Gasteiger partial charge in [0, 0.05) is 52.8 Å². The van der Waals surface area contributed by atoms with Gasteiger partial charge in [-0.25, -0.2) is 4.98 Å². The molecular formula is C45H26N4OS. The lowest BCUT2D eigenvalue weighted by Gasteiger charge is -2.12. The van der Waals surface area contributed by atoms with Gasteiger partial charge in [0.05, 0.1) is 19.2 Å². The van der Waals surface area contributed by atoms with E-state index in [1.54, 1.807) is 11.3 Å². The third-order valence-corrected chi connectivity index (χ3v) is 10.4. The van der Waals surface area contributed by atoms with Crippen LogP contribution in [0.25, 0.3) is 104 Å². The summed E-state index contributed by atoms with van der Waals surface area (Å²) in [6.07, 6.45) is 0. The topological polar surface area (TPSA) is 56.7 Å². The molecule has 0 saturated heterocycles. The molecule has 11 rings (SSSR count). The van der Waals surface area contributed by atoms with Gasteiger partial charge in [-0.15, -0.1) is 11.3 Å². The quantitative estimate of drug-likeness (QED) is 0.186. The maximum absolute atomic E-state index is 9.40. The van der Waals surface area contributed by atoms with E-state index in [0.717, 1.165) is 31.3 Å². The molecule has 11 aromatic rings. The number of fused-ring (bicyclic) bond motifs is 10. The summed E-state index contributed by atoms with van der Waals surface area (Å²) in [4.78, 5) is 15.1. The molecule has 0 unspecified atom stereocenters. The van der Waals surface area contributed by atoms with Crippen LogP contribution in [0.1, 0.15) is 13.7 Å². The van der Waals surface area contributed by atoms with Gasteiger partial charge in [-0.3, -0.25) is 4.57 Å². The van der Waals surface area contributed by atoms with Crippen molar-refractivity contribution in [3.05, 3.63) is 157 Å². The minimum atomic E-state index is -0.557. The molecule has 4 aromatic heterocycles. The van der Waals surface area contributed by atoms with E-state index in [2.05, 4.69) is 6.07 Å². The second-order valence-electron chi connectivity index (χ2n) is 12.0. The molecule has 6 heteroatoms. The average Bonchev–Trinajstić information content (AvgIpc) is 3.99. The zero-order valence-corrected chi connectivity index (χ0v) is 27.2. The highest BCUT2D eigenvalue weighted by molar-refractivity contribution is 7.26. The van der Waals surface area contributed by atoms with Gasteiger partial charge in [0.25, 0.3) is 0 Å². The predicted octanol–water partition coefficient (Wildman–Crippen LogP) is 12.2. The van der Waals surface area contributed by atoms with Crippen molar-refractivity contribution in [3.8, 4) is 39.9 Å². The van der Waals surface area contributed by atoms with Crippen molar-refractivity contribution in [2.75, 3.05) is 0 Å². The van der Waals surface area contributed by atoms with Crippen molar-refractivity contribution in [2.45, 2.75) is 0 Å². The normalized spacial score (nSPS) is 14.7. The van der Waals surface area contributed by atoms with Gasteiger partial charge in [0.1, 0.15) is 11.1 Å². The SMILES string of the molecule is [2H]c1c([2H])c([2H])c2c(oc3c2c([2H])c([2H])c2c4c([2H])c([2H])c([2H])c([2H])c4n(-c4nc(-c5ccc(-c6ccccc6)cc5)nc(-c5cccc6c5sc5ccccc56)n4)c32)c1[2H]. The number of rotatable bonds is 4. The smallest absolute Gasteiger partial charge is 0.238 e. The number of para-hydroxylation sites is 2. The molecule has 7 aromatic carbocycles. The minimum Gasteiger partial charge on any atom is -0.454 e. The van der Waals surface area contributed by atoms with Crippen LogP contribution in [0.15, 0.2) is 162 Å². The van der Waals surface area contributed by atoms with E-state index in [1.807, 2.05) is 91.0 Å². The Labute approximate surface area is 309 Å². The number of benzene rings is 7. The van der Waals surface area contributed by atoms with E-state index in [0.29, 0.717) is 11.1 Å². The first-order chi connectivity index (χ1) is 29.4. The molecule has 51 heavy (non-hydrogen) atoms. The monoisotopic (exact) mass is 680 g/mol. The van der Waals surface area contributed by atoms with Gasteiger partial charge in [-0.2, -0.15) is 9.97 Å². The summed E-state index contributed by atoms with van der Waals surface area (Å²) < 4.78 is 98.5. The number of nitrogens with zero attached hydrogens (tertiary/aromatic N) is 4. The van der Waals surface area contributed by atoms with Crippen LogP contribution >= 0.6 is 11.3 Å². The molecule has 5 nitrogen and oxygen atoms in total.